The van der Waals surface area contributed by atoms with E-state index in [0.717, 1.165) is 45.0 Å². The van der Waals surface area contributed by atoms with Gasteiger partial charge in [0, 0.05) is 44.0 Å². The molecule has 318 valence electrons. The van der Waals surface area contributed by atoms with E-state index in [9.17, 15) is 0 Å². The van der Waals surface area contributed by atoms with Crippen molar-refractivity contribution >= 4 is 43.6 Å². The summed E-state index contributed by atoms with van der Waals surface area (Å²) in [5.74, 6) is 0. The Labute approximate surface area is 395 Å². The Morgan fingerprint density at radius 2 is 0.574 bits per heavy atom. The molecule has 68 heavy (non-hydrogen) atoms. The van der Waals surface area contributed by atoms with Crippen LogP contribution in [-0.4, -0.2) is 14.1 Å². The third-order valence-electron chi connectivity index (χ3n) is 13.5. The first-order valence-corrected chi connectivity index (χ1v) is 23.3. The number of nitrogens with zero attached hydrogens (tertiary/aromatic N) is 3. The molecule has 0 amide bonds. The van der Waals surface area contributed by atoms with Crippen molar-refractivity contribution in [3.05, 3.63) is 261 Å². The van der Waals surface area contributed by atoms with E-state index in [1.54, 1.807) is 0 Å². The highest BCUT2D eigenvalue weighted by Gasteiger charge is 2.18. The van der Waals surface area contributed by atoms with E-state index in [-0.39, 0.29) is 0 Å². The molecule has 0 radical (unpaired) electrons. The highest BCUT2D eigenvalue weighted by atomic mass is 15.0. The molecule has 3 aromatic heterocycles. The molecule has 0 saturated carbocycles. The number of aromatic nitrogens is 3. The van der Waals surface area contributed by atoms with Crippen LogP contribution < -0.4 is 0 Å². The summed E-state index contributed by atoms with van der Waals surface area (Å²) in [6.45, 7) is 0. The molecule has 0 aliphatic rings. The van der Waals surface area contributed by atoms with Gasteiger partial charge >= 0.3 is 0 Å². The van der Waals surface area contributed by atoms with Crippen LogP contribution in [0.4, 0.5) is 0 Å². The Morgan fingerprint density at radius 1 is 0.206 bits per heavy atom. The summed E-state index contributed by atoms with van der Waals surface area (Å²) in [6.07, 6.45) is 0. The van der Waals surface area contributed by atoms with Gasteiger partial charge in [-0.15, -0.1) is 0 Å². The van der Waals surface area contributed by atoms with E-state index < -0.39 is 0 Å². The van der Waals surface area contributed by atoms with E-state index in [1.807, 2.05) is 0 Å². The molecular formula is C65H43N3. The van der Waals surface area contributed by atoms with Crippen molar-refractivity contribution in [2.24, 2.45) is 0 Å². The molecule has 0 N–H and O–H groups in total. The second kappa shape index (κ2) is 16.4. The van der Waals surface area contributed by atoms with E-state index >= 15 is 0 Å². The highest BCUT2D eigenvalue weighted by Crippen LogP contribution is 2.40. The third-order valence-corrected chi connectivity index (χ3v) is 13.5. The predicted molar refractivity (Wildman–Crippen MR) is 286 cm³/mol. The molecule has 0 aliphatic carbocycles. The monoisotopic (exact) mass is 865 g/mol. The van der Waals surface area contributed by atoms with Gasteiger partial charge in [-0.3, -0.25) is 0 Å². The fraction of sp³-hybridized carbons (Fsp3) is 0. The minimum absolute atomic E-state index is 0.951. The van der Waals surface area contributed by atoms with Crippen LogP contribution in [0.5, 0.6) is 0 Å². The Morgan fingerprint density at radius 3 is 1.09 bits per heavy atom. The average Bonchev–Trinajstić information content (AvgIpc) is 3.94. The van der Waals surface area contributed by atoms with Gasteiger partial charge in [0.15, 0.2) is 0 Å². The van der Waals surface area contributed by atoms with Crippen LogP contribution in [0.3, 0.4) is 0 Å². The Kier molecular flexibility index (Phi) is 9.50. The number of benzene rings is 10. The molecule has 13 rings (SSSR count). The second-order valence-corrected chi connectivity index (χ2v) is 17.6. The molecule has 13 aromatic rings. The molecule has 0 saturated heterocycles. The maximum atomic E-state index is 5.16. The van der Waals surface area contributed by atoms with Crippen LogP contribution in [0.2, 0.25) is 0 Å². The van der Waals surface area contributed by atoms with Crippen molar-refractivity contribution in [3.8, 4) is 78.4 Å². The first kappa shape index (κ1) is 39.3. The lowest BCUT2D eigenvalue weighted by atomic mass is 9.99. The van der Waals surface area contributed by atoms with Crippen molar-refractivity contribution in [2.45, 2.75) is 0 Å². The summed E-state index contributed by atoms with van der Waals surface area (Å²) in [5, 5.41) is 4.93. The standard InChI is InChI=1S/C65H43N3/c1-4-15-44(16-5-1)45-27-29-46(30-28-45)47-31-35-54(36-32-47)67-62-25-12-10-23-56(62)58-37-33-51(42-64(58)67)52-34-38-59-57-24-11-13-26-63(57)68(65(59)43-52)55-22-14-21-50(39-55)53-40-60(48-17-6-2-7-18-48)66-61(41-53)49-19-8-3-9-20-49/h1-43H. The normalized spacial score (nSPS) is 11.5. The predicted octanol–water partition coefficient (Wildman–Crippen LogP) is 17.3. The summed E-state index contributed by atoms with van der Waals surface area (Å²) in [6, 6.07) is 94.3. The van der Waals surface area contributed by atoms with Crippen LogP contribution >= 0.6 is 0 Å². The summed E-state index contributed by atoms with van der Waals surface area (Å²) < 4.78 is 4.85. The average molecular weight is 866 g/mol. The number of pyridine rings is 1. The molecule has 0 bridgehead atoms. The molecule has 0 aliphatic heterocycles. The van der Waals surface area contributed by atoms with Gasteiger partial charge < -0.3 is 9.13 Å². The van der Waals surface area contributed by atoms with Crippen LogP contribution in [0.1, 0.15) is 0 Å². The van der Waals surface area contributed by atoms with Crippen molar-refractivity contribution in [1.29, 1.82) is 0 Å². The Hall–Kier alpha value is -9.05. The lowest BCUT2D eigenvalue weighted by Crippen LogP contribution is -1.96. The van der Waals surface area contributed by atoms with E-state index in [1.165, 1.54) is 77.0 Å². The number of hydrogen-bond acceptors (Lipinski definition) is 1. The van der Waals surface area contributed by atoms with Crippen LogP contribution in [0.25, 0.3) is 122 Å². The molecule has 0 atom stereocenters. The van der Waals surface area contributed by atoms with Crippen molar-refractivity contribution in [2.75, 3.05) is 0 Å². The van der Waals surface area contributed by atoms with Crippen LogP contribution in [0, 0.1) is 0 Å². The molecule has 10 aromatic carbocycles. The topological polar surface area (TPSA) is 22.8 Å². The first-order chi connectivity index (χ1) is 33.7. The molecule has 0 unspecified atom stereocenters. The summed E-state index contributed by atoms with van der Waals surface area (Å²) in [7, 11) is 0. The SMILES string of the molecule is c1ccc(-c2ccc(-c3ccc(-n4c5ccccc5c5ccc(-c6ccc7c8ccccc8n(-c8cccc(-c9cc(-c%10ccccc%10)nc(-c%10ccccc%10)c9)c8)c7c6)cc54)cc3)cc2)cc1. The Bertz CT molecular complexity index is 3920. The lowest BCUT2D eigenvalue weighted by Gasteiger charge is -2.13. The molecule has 0 spiro atoms. The van der Waals surface area contributed by atoms with Gasteiger partial charge in [0.1, 0.15) is 0 Å². The summed E-state index contributed by atoms with van der Waals surface area (Å²) >= 11 is 0. The van der Waals surface area contributed by atoms with Crippen LogP contribution in [0.15, 0.2) is 261 Å². The Balaban J connectivity index is 0.910. The zero-order valence-corrected chi connectivity index (χ0v) is 37.2. The maximum absolute atomic E-state index is 5.16. The van der Waals surface area contributed by atoms with Gasteiger partial charge in [-0.25, -0.2) is 4.98 Å². The van der Waals surface area contributed by atoms with E-state index in [4.69, 9.17) is 4.98 Å². The summed E-state index contributed by atoms with van der Waals surface area (Å²) in [4.78, 5) is 5.16. The number of para-hydroxylation sites is 2. The molecule has 3 heterocycles. The molecule has 3 nitrogen and oxygen atoms in total. The molecule has 0 fully saturated rings. The fourth-order valence-electron chi connectivity index (χ4n) is 10.2. The van der Waals surface area contributed by atoms with Gasteiger partial charge in [-0.05, 0) is 105 Å². The lowest BCUT2D eigenvalue weighted by molar-refractivity contribution is 1.18. The molecule has 3 heteroatoms. The zero-order chi connectivity index (χ0) is 45.0. The highest BCUT2D eigenvalue weighted by molar-refractivity contribution is 6.12. The minimum Gasteiger partial charge on any atom is -0.309 e. The fourth-order valence-corrected chi connectivity index (χ4v) is 10.2. The van der Waals surface area contributed by atoms with Gasteiger partial charge in [0.25, 0.3) is 0 Å². The first-order valence-electron chi connectivity index (χ1n) is 23.3. The minimum atomic E-state index is 0.951. The zero-order valence-electron chi connectivity index (χ0n) is 37.2. The number of rotatable bonds is 8. The maximum Gasteiger partial charge on any atom is 0.0715 e. The van der Waals surface area contributed by atoms with Crippen molar-refractivity contribution < 1.29 is 0 Å². The van der Waals surface area contributed by atoms with Gasteiger partial charge in [0.05, 0.1) is 33.5 Å². The molecular weight excluding hydrogens is 823 g/mol. The van der Waals surface area contributed by atoms with Gasteiger partial charge in [0.2, 0.25) is 0 Å². The van der Waals surface area contributed by atoms with Crippen molar-refractivity contribution in [1.82, 2.24) is 14.1 Å². The van der Waals surface area contributed by atoms with E-state index in [0.29, 0.717) is 0 Å². The second-order valence-electron chi connectivity index (χ2n) is 17.6. The van der Waals surface area contributed by atoms with Crippen molar-refractivity contribution in [3.63, 3.8) is 0 Å². The van der Waals surface area contributed by atoms with Crippen LogP contribution in [-0.2, 0) is 0 Å². The third kappa shape index (κ3) is 6.88. The van der Waals surface area contributed by atoms with Gasteiger partial charge in [-0.1, -0.05) is 200 Å². The number of fused-ring (bicyclic) bond motifs is 6. The van der Waals surface area contributed by atoms with E-state index in [2.05, 4.69) is 270 Å². The smallest absolute Gasteiger partial charge is 0.0715 e. The van der Waals surface area contributed by atoms with Gasteiger partial charge in [-0.2, -0.15) is 0 Å². The number of hydrogen-bond donors (Lipinski definition) is 0. The summed E-state index contributed by atoms with van der Waals surface area (Å²) in [5.41, 5.74) is 20.5. The largest absolute Gasteiger partial charge is 0.309 e. The quantitative estimate of drug-likeness (QED) is 0.149.